The minimum atomic E-state index is -0.483. The molecule has 0 fully saturated rings. The summed E-state index contributed by atoms with van der Waals surface area (Å²) in [7, 11) is 2.79. The van der Waals surface area contributed by atoms with Crippen LogP contribution in [0.4, 0.5) is 5.69 Å². The molecule has 1 amide bonds. The van der Waals surface area contributed by atoms with Crippen molar-refractivity contribution in [2.24, 2.45) is 0 Å². The number of hydrogen-bond acceptors (Lipinski definition) is 5. The van der Waals surface area contributed by atoms with Gasteiger partial charge in [0.1, 0.15) is 11.5 Å². The first-order chi connectivity index (χ1) is 11.5. The van der Waals surface area contributed by atoms with Crippen LogP contribution < -0.4 is 14.8 Å². The first-order valence-corrected chi connectivity index (χ1v) is 7.77. The Hall–Kier alpha value is -2.54. The van der Waals surface area contributed by atoms with Gasteiger partial charge < -0.3 is 19.5 Å². The molecule has 0 spiro atoms. The van der Waals surface area contributed by atoms with E-state index in [0.29, 0.717) is 22.7 Å². The molecule has 126 valence electrons. The summed E-state index contributed by atoms with van der Waals surface area (Å²) < 4.78 is 15.8. The zero-order valence-electron chi connectivity index (χ0n) is 13.2. The van der Waals surface area contributed by atoms with E-state index in [4.69, 9.17) is 9.47 Å². The number of carbonyl (C=O) groups excluding carboxylic acids is 2. The zero-order chi connectivity index (χ0) is 17.5. The molecule has 0 radical (unpaired) electrons. The Morgan fingerprint density at radius 1 is 1.12 bits per heavy atom. The van der Waals surface area contributed by atoms with Crippen molar-refractivity contribution >= 4 is 33.5 Å². The number of amides is 1. The third-order valence-corrected chi connectivity index (χ3v) is 3.58. The number of halogens is 1. The van der Waals surface area contributed by atoms with E-state index in [1.54, 1.807) is 42.5 Å². The van der Waals surface area contributed by atoms with E-state index in [2.05, 4.69) is 26.0 Å². The summed E-state index contributed by atoms with van der Waals surface area (Å²) in [6.07, 6.45) is 0. The van der Waals surface area contributed by atoms with E-state index < -0.39 is 5.97 Å². The van der Waals surface area contributed by atoms with E-state index in [1.807, 2.05) is 0 Å². The Labute approximate surface area is 147 Å². The second-order valence-corrected chi connectivity index (χ2v) is 5.61. The molecule has 0 aliphatic heterocycles. The molecule has 2 rings (SSSR count). The third kappa shape index (κ3) is 4.73. The Bertz CT molecular complexity index is 748. The van der Waals surface area contributed by atoms with Crippen molar-refractivity contribution in [2.75, 3.05) is 26.1 Å². The molecule has 0 heterocycles. The highest BCUT2D eigenvalue weighted by Crippen LogP contribution is 2.25. The average molecular weight is 394 g/mol. The molecular formula is C17H16BrNO5. The van der Waals surface area contributed by atoms with Gasteiger partial charge in [0.2, 0.25) is 0 Å². The van der Waals surface area contributed by atoms with Crippen molar-refractivity contribution in [2.45, 2.75) is 0 Å². The highest BCUT2D eigenvalue weighted by molar-refractivity contribution is 9.10. The highest BCUT2D eigenvalue weighted by atomic mass is 79.9. The van der Waals surface area contributed by atoms with Gasteiger partial charge in [0.25, 0.3) is 5.91 Å². The fraction of sp³-hybridized carbons (Fsp3) is 0.176. The number of carbonyl (C=O) groups is 2. The number of benzene rings is 2. The molecule has 0 aliphatic carbocycles. The standard InChI is InChI=1S/C17H16BrNO5/c1-22-15-7-6-11(18)8-14(15)17(21)19-12-4-3-5-13(9-12)24-10-16(20)23-2/h3-9H,10H2,1-2H3,(H,19,21). The van der Waals surface area contributed by atoms with Crippen LogP contribution in [0, 0.1) is 0 Å². The van der Waals surface area contributed by atoms with Gasteiger partial charge in [0.05, 0.1) is 19.8 Å². The van der Waals surface area contributed by atoms with E-state index in [-0.39, 0.29) is 12.5 Å². The molecule has 0 aromatic heterocycles. The van der Waals surface area contributed by atoms with Crippen LogP contribution in [0.2, 0.25) is 0 Å². The van der Waals surface area contributed by atoms with Gasteiger partial charge >= 0.3 is 5.97 Å². The van der Waals surface area contributed by atoms with E-state index in [9.17, 15) is 9.59 Å². The number of methoxy groups -OCH3 is 2. The van der Waals surface area contributed by atoms with Crippen molar-refractivity contribution in [3.63, 3.8) is 0 Å². The number of esters is 1. The molecule has 24 heavy (non-hydrogen) atoms. The summed E-state index contributed by atoms with van der Waals surface area (Å²) >= 11 is 3.33. The highest BCUT2D eigenvalue weighted by Gasteiger charge is 2.13. The predicted octanol–water partition coefficient (Wildman–Crippen LogP) is 3.26. The minimum absolute atomic E-state index is 0.201. The SMILES string of the molecule is COC(=O)COc1cccc(NC(=O)c2cc(Br)ccc2OC)c1. The third-order valence-electron chi connectivity index (χ3n) is 3.08. The monoisotopic (exact) mass is 393 g/mol. The molecule has 1 N–H and O–H groups in total. The van der Waals surface area contributed by atoms with Crippen LogP contribution in [0.15, 0.2) is 46.9 Å². The molecule has 7 heteroatoms. The summed E-state index contributed by atoms with van der Waals surface area (Å²) in [5, 5.41) is 2.77. The summed E-state index contributed by atoms with van der Waals surface area (Å²) in [5.41, 5.74) is 0.928. The summed E-state index contributed by atoms with van der Waals surface area (Å²) in [5.74, 6) is 0.106. The van der Waals surface area contributed by atoms with Crippen LogP contribution in [-0.2, 0) is 9.53 Å². The molecule has 0 saturated carbocycles. The number of nitrogens with one attached hydrogen (secondary N) is 1. The van der Waals surface area contributed by atoms with E-state index >= 15 is 0 Å². The van der Waals surface area contributed by atoms with Gasteiger partial charge in [-0.25, -0.2) is 4.79 Å². The van der Waals surface area contributed by atoms with Gasteiger partial charge in [-0.05, 0) is 30.3 Å². The van der Waals surface area contributed by atoms with Crippen molar-refractivity contribution in [1.29, 1.82) is 0 Å². The normalized spacial score (nSPS) is 9.96. The van der Waals surface area contributed by atoms with Crippen molar-refractivity contribution in [3.05, 3.63) is 52.5 Å². The number of anilines is 1. The van der Waals surface area contributed by atoms with E-state index in [1.165, 1.54) is 14.2 Å². The van der Waals surface area contributed by atoms with Gasteiger partial charge in [-0.3, -0.25) is 4.79 Å². The molecule has 0 unspecified atom stereocenters. The lowest BCUT2D eigenvalue weighted by Gasteiger charge is -2.11. The Kier molecular flexibility index (Phi) is 6.20. The maximum Gasteiger partial charge on any atom is 0.343 e. The smallest absolute Gasteiger partial charge is 0.343 e. The van der Waals surface area contributed by atoms with Crippen molar-refractivity contribution in [1.82, 2.24) is 0 Å². The molecule has 2 aromatic rings. The Morgan fingerprint density at radius 3 is 2.62 bits per heavy atom. The van der Waals surface area contributed by atoms with Crippen LogP contribution >= 0.6 is 15.9 Å². The summed E-state index contributed by atoms with van der Waals surface area (Å²) in [4.78, 5) is 23.5. The van der Waals surface area contributed by atoms with Crippen molar-refractivity contribution < 1.29 is 23.8 Å². The molecule has 0 atom stereocenters. The quantitative estimate of drug-likeness (QED) is 0.762. The molecule has 0 saturated heterocycles. The van der Waals surface area contributed by atoms with Gasteiger partial charge in [0, 0.05) is 16.2 Å². The average Bonchev–Trinajstić information content (AvgIpc) is 2.59. The molecule has 0 bridgehead atoms. The van der Waals surface area contributed by atoms with Gasteiger partial charge in [-0.15, -0.1) is 0 Å². The van der Waals surface area contributed by atoms with Crippen LogP contribution in [0.5, 0.6) is 11.5 Å². The predicted molar refractivity (Wildman–Crippen MR) is 92.6 cm³/mol. The fourth-order valence-electron chi connectivity index (χ4n) is 1.92. The van der Waals surface area contributed by atoms with Crippen LogP contribution in [0.3, 0.4) is 0 Å². The van der Waals surface area contributed by atoms with E-state index in [0.717, 1.165) is 4.47 Å². The summed E-state index contributed by atoms with van der Waals surface area (Å²) in [6, 6.07) is 11.9. The number of hydrogen-bond donors (Lipinski definition) is 1. The molecule has 6 nitrogen and oxygen atoms in total. The van der Waals surface area contributed by atoms with Crippen LogP contribution in [0.1, 0.15) is 10.4 Å². The van der Waals surface area contributed by atoms with Gasteiger partial charge in [-0.1, -0.05) is 22.0 Å². The first-order valence-electron chi connectivity index (χ1n) is 6.98. The second kappa shape index (κ2) is 8.35. The Morgan fingerprint density at radius 2 is 1.92 bits per heavy atom. The van der Waals surface area contributed by atoms with Crippen LogP contribution in [0.25, 0.3) is 0 Å². The molecular weight excluding hydrogens is 378 g/mol. The van der Waals surface area contributed by atoms with Crippen molar-refractivity contribution in [3.8, 4) is 11.5 Å². The van der Waals surface area contributed by atoms with Crippen LogP contribution in [-0.4, -0.2) is 32.7 Å². The fourth-order valence-corrected chi connectivity index (χ4v) is 2.28. The minimum Gasteiger partial charge on any atom is -0.496 e. The maximum absolute atomic E-state index is 12.4. The molecule has 2 aromatic carbocycles. The maximum atomic E-state index is 12.4. The zero-order valence-corrected chi connectivity index (χ0v) is 14.8. The second-order valence-electron chi connectivity index (χ2n) is 4.69. The topological polar surface area (TPSA) is 73.9 Å². The molecule has 0 aliphatic rings. The summed E-state index contributed by atoms with van der Waals surface area (Å²) in [6.45, 7) is -0.201. The van der Waals surface area contributed by atoms with Gasteiger partial charge in [-0.2, -0.15) is 0 Å². The first kappa shape index (κ1) is 17.8. The largest absolute Gasteiger partial charge is 0.496 e. The lowest BCUT2D eigenvalue weighted by atomic mass is 10.2. The lowest BCUT2D eigenvalue weighted by molar-refractivity contribution is -0.142. The van der Waals surface area contributed by atoms with Gasteiger partial charge in [0.15, 0.2) is 6.61 Å². The lowest BCUT2D eigenvalue weighted by Crippen LogP contribution is -2.14. The Balaban J connectivity index is 2.12. The number of rotatable bonds is 6. The number of ether oxygens (including phenoxy) is 3.